The smallest absolute Gasteiger partial charge is 0.275 e. The van der Waals surface area contributed by atoms with E-state index in [2.05, 4.69) is 0 Å². The van der Waals surface area contributed by atoms with E-state index in [1.165, 1.54) is 30.3 Å². The lowest BCUT2D eigenvalue weighted by molar-refractivity contribution is -0.384. The second kappa shape index (κ2) is 7.65. The Morgan fingerprint density at radius 2 is 1.66 bits per heavy atom. The summed E-state index contributed by atoms with van der Waals surface area (Å²) in [5, 5.41) is 12.1. The highest BCUT2D eigenvalue weighted by atomic mass is 35.5. The number of carbonyl (C=O) groups excluding carboxylic acids is 2. The Kier molecular flexibility index (Phi) is 5.19. The molecule has 1 aliphatic carbocycles. The van der Waals surface area contributed by atoms with Crippen molar-refractivity contribution >= 4 is 46.4 Å². The van der Waals surface area contributed by atoms with Crippen LogP contribution in [-0.4, -0.2) is 16.7 Å². The zero-order chi connectivity index (χ0) is 20.7. The summed E-state index contributed by atoms with van der Waals surface area (Å²) in [6.07, 6.45) is 3.10. The molecule has 0 aromatic heterocycles. The summed E-state index contributed by atoms with van der Waals surface area (Å²) in [6, 6.07) is 8.44. The molecular formula is C20H16Cl2N2O5. The van der Waals surface area contributed by atoms with Crippen molar-refractivity contribution in [2.45, 2.75) is 25.7 Å². The minimum Gasteiger partial charge on any atom is -0.455 e. The second-order valence-electron chi connectivity index (χ2n) is 7.13. The number of ether oxygens (including phenoxy) is 1. The largest absolute Gasteiger partial charge is 0.455 e. The number of fused-ring (bicyclic) bond motifs is 1. The summed E-state index contributed by atoms with van der Waals surface area (Å²) in [5.41, 5.74) is -0.165. The van der Waals surface area contributed by atoms with Gasteiger partial charge in [0.25, 0.3) is 5.69 Å². The number of nitrogens with zero attached hydrogens (tertiary/aromatic N) is 2. The number of rotatable bonds is 4. The third-order valence-electron chi connectivity index (χ3n) is 5.31. The third kappa shape index (κ3) is 3.68. The van der Waals surface area contributed by atoms with E-state index in [0.717, 1.165) is 17.7 Å². The molecule has 2 atom stereocenters. The molecule has 7 nitrogen and oxygen atoms in total. The lowest BCUT2D eigenvalue weighted by atomic mass is 9.81. The van der Waals surface area contributed by atoms with E-state index in [1.807, 2.05) is 0 Å². The molecule has 1 heterocycles. The molecule has 29 heavy (non-hydrogen) atoms. The predicted octanol–water partition coefficient (Wildman–Crippen LogP) is 5.37. The highest BCUT2D eigenvalue weighted by Gasteiger charge is 2.49. The van der Waals surface area contributed by atoms with Crippen molar-refractivity contribution in [1.29, 1.82) is 0 Å². The molecule has 0 bridgehead atoms. The SMILES string of the molecule is O=C1[C@H]2CCCC[C@H]2C(=O)N1c1cc(Oc2ccc(Cl)cc2Cl)cc([N+](=O)[O-])c1. The molecule has 2 fully saturated rings. The topological polar surface area (TPSA) is 89.8 Å². The standard InChI is InChI=1S/C20H16Cl2N2O5/c21-11-5-6-18(17(22)7-11)29-14-9-12(8-13(10-14)24(27)28)23-19(25)15-3-1-2-4-16(15)20(23)26/h5-10,15-16H,1-4H2/t15-,16+. The second-order valence-corrected chi connectivity index (χ2v) is 7.97. The molecule has 4 rings (SSSR count). The van der Waals surface area contributed by atoms with E-state index in [0.29, 0.717) is 17.9 Å². The lowest BCUT2D eigenvalue weighted by Crippen LogP contribution is -2.30. The molecule has 0 radical (unpaired) electrons. The van der Waals surface area contributed by atoms with Crippen LogP contribution in [0.5, 0.6) is 11.5 Å². The van der Waals surface area contributed by atoms with Crippen molar-refractivity contribution in [3.05, 3.63) is 56.6 Å². The van der Waals surface area contributed by atoms with Gasteiger partial charge in [-0.3, -0.25) is 19.7 Å². The molecule has 1 aliphatic heterocycles. The van der Waals surface area contributed by atoms with Crippen LogP contribution in [0.4, 0.5) is 11.4 Å². The normalized spacial score (nSPS) is 21.2. The van der Waals surface area contributed by atoms with E-state index in [1.54, 1.807) is 6.07 Å². The Bertz CT molecular complexity index is 1000. The number of halogens is 2. The number of benzene rings is 2. The molecule has 2 aromatic rings. The monoisotopic (exact) mass is 434 g/mol. The van der Waals surface area contributed by atoms with Crippen LogP contribution in [0.2, 0.25) is 10.0 Å². The quantitative estimate of drug-likeness (QED) is 0.366. The highest BCUT2D eigenvalue weighted by molar-refractivity contribution is 6.35. The fourth-order valence-corrected chi connectivity index (χ4v) is 4.41. The van der Waals surface area contributed by atoms with Crippen LogP contribution in [0.25, 0.3) is 0 Å². The molecule has 9 heteroatoms. The summed E-state index contributed by atoms with van der Waals surface area (Å²) >= 11 is 12.0. The first-order valence-corrected chi connectivity index (χ1v) is 9.91. The first kappa shape index (κ1) is 19.7. The molecule has 150 valence electrons. The number of anilines is 1. The van der Waals surface area contributed by atoms with Gasteiger partial charge in [0.2, 0.25) is 11.8 Å². The summed E-state index contributed by atoms with van der Waals surface area (Å²) in [6.45, 7) is 0. The van der Waals surface area contributed by atoms with Gasteiger partial charge in [-0.15, -0.1) is 0 Å². The van der Waals surface area contributed by atoms with Gasteiger partial charge in [0.1, 0.15) is 11.5 Å². The van der Waals surface area contributed by atoms with Crippen LogP contribution in [0.1, 0.15) is 25.7 Å². The van der Waals surface area contributed by atoms with E-state index in [9.17, 15) is 19.7 Å². The minimum absolute atomic E-state index is 0.0916. The van der Waals surface area contributed by atoms with Crippen LogP contribution in [-0.2, 0) is 9.59 Å². The summed E-state index contributed by atoms with van der Waals surface area (Å²) in [5.74, 6) is -0.994. The van der Waals surface area contributed by atoms with Gasteiger partial charge in [0.05, 0.1) is 33.5 Å². The van der Waals surface area contributed by atoms with Crippen molar-refractivity contribution in [2.24, 2.45) is 11.8 Å². The number of carbonyl (C=O) groups is 2. The van der Waals surface area contributed by atoms with Crippen molar-refractivity contribution in [2.75, 3.05) is 4.90 Å². The van der Waals surface area contributed by atoms with Gasteiger partial charge in [0, 0.05) is 17.2 Å². The Hall–Kier alpha value is -2.64. The molecule has 2 aromatic carbocycles. The maximum Gasteiger partial charge on any atom is 0.275 e. The Morgan fingerprint density at radius 3 is 2.24 bits per heavy atom. The minimum atomic E-state index is -0.599. The van der Waals surface area contributed by atoms with Crippen LogP contribution in [0.15, 0.2) is 36.4 Å². The molecule has 2 amide bonds. The van der Waals surface area contributed by atoms with Gasteiger partial charge < -0.3 is 4.74 Å². The zero-order valence-electron chi connectivity index (χ0n) is 15.1. The molecule has 1 saturated carbocycles. The average Bonchev–Trinajstić information content (AvgIpc) is 2.95. The molecule has 0 spiro atoms. The maximum absolute atomic E-state index is 12.9. The van der Waals surface area contributed by atoms with Crippen molar-refractivity contribution in [3.8, 4) is 11.5 Å². The number of nitro groups is 1. The number of hydrogen-bond acceptors (Lipinski definition) is 5. The van der Waals surface area contributed by atoms with Crippen molar-refractivity contribution < 1.29 is 19.2 Å². The Balaban J connectivity index is 1.73. The maximum atomic E-state index is 12.9. The van der Waals surface area contributed by atoms with Gasteiger partial charge >= 0.3 is 0 Å². The molecule has 0 N–H and O–H groups in total. The van der Waals surface area contributed by atoms with E-state index < -0.39 is 4.92 Å². The van der Waals surface area contributed by atoms with Crippen LogP contribution in [0.3, 0.4) is 0 Å². The molecule has 0 unspecified atom stereocenters. The van der Waals surface area contributed by atoms with Gasteiger partial charge in [-0.05, 0) is 31.0 Å². The summed E-state index contributed by atoms with van der Waals surface area (Å²) < 4.78 is 5.70. The molecular weight excluding hydrogens is 419 g/mol. The van der Waals surface area contributed by atoms with Gasteiger partial charge in [-0.25, -0.2) is 4.90 Å². The highest BCUT2D eigenvalue weighted by Crippen LogP contribution is 2.42. The number of hydrogen-bond donors (Lipinski definition) is 0. The first-order valence-electron chi connectivity index (χ1n) is 9.15. The van der Waals surface area contributed by atoms with Gasteiger partial charge in [-0.2, -0.15) is 0 Å². The summed E-state index contributed by atoms with van der Waals surface area (Å²) in [4.78, 5) is 37.6. The van der Waals surface area contributed by atoms with E-state index in [4.69, 9.17) is 27.9 Å². The average molecular weight is 435 g/mol. The predicted molar refractivity (Wildman–Crippen MR) is 108 cm³/mol. The third-order valence-corrected chi connectivity index (χ3v) is 5.84. The summed E-state index contributed by atoms with van der Waals surface area (Å²) in [7, 11) is 0. The molecule has 2 aliphatic rings. The fourth-order valence-electron chi connectivity index (χ4n) is 3.96. The number of imide groups is 1. The van der Waals surface area contributed by atoms with Crippen LogP contribution >= 0.6 is 23.2 Å². The Morgan fingerprint density at radius 1 is 1.00 bits per heavy atom. The van der Waals surface area contributed by atoms with Gasteiger partial charge in [-0.1, -0.05) is 36.0 Å². The van der Waals surface area contributed by atoms with E-state index >= 15 is 0 Å². The number of non-ortho nitro benzene ring substituents is 1. The van der Waals surface area contributed by atoms with E-state index in [-0.39, 0.29) is 51.5 Å². The lowest BCUT2D eigenvalue weighted by Gasteiger charge is -2.19. The fraction of sp³-hybridized carbons (Fsp3) is 0.300. The Labute approximate surface area is 176 Å². The van der Waals surface area contributed by atoms with Crippen molar-refractivity contribution in [1.82, 2.24) is 0 Å². The van der Waals surface area contributed by atoms with Crippen LogP contribution in [0, 0.1) is 22.0 Å². The molecule has 1 saturated heterocycles. The van der Waals surface area contributed by atoms with Crippen LogP contribution < -0.4 is 9.64 Å². The number of nitro benzene ring substituents is 1. The first-order chi connectivity index (χ1) is 13.8. The number of amides is 2. The van der Waals surface area contributed by atoms with Crippen molar-refractivity contribution in [3.63, 3.8) is 0 Å². The zero-order valence-corrected chi connectivity index (χ0v) is 16.7. The van der Waals surface area contributed by atoms with Gasteiger partial charge in [0.15, 0.2) is 0 Å².